The summed E-state index contributed by atoms with van der Waals surface area (Å²) in [4.78, 5) is 12.4. The van der Waals surface area contributed by atoms with Gasteiger partial charge in [0.15, 0.2) is 5.78 Å². The van der Waals surface area contributed by atoms with E-state index < -0.39 is 0 Å². The van der Waals surface area contributed by atoms with Crippen molar-refractivity contribution >= 4 is 5.78 Å². The van der Waals surface area contributed by atoms with Gasteiger partial charge in [-0.05, 0) is 48.9 Å². The van der Waals surface area contributed by atoms with Crippen molar-refractivity contribution in [2.24, 2.45) is 11.3 Å². The first-order valence-corrected chi connectivity index (χ1v) is 7.44. The van der Waals surface area contributed by atoms with Gasteiger partial charge in [-0.15, -0.1) is 0 Å². The summed E-state index contributed by atoms with van der Waals surface area (Å²) in [6, 6.07) is 5.86. The Morgan fingerprint density at radius 2 is 2.00 bits per heavy atom. The molecule has 0 N–H and O–H groups in total. The van der Waals surface area contributed by atoms with Crippen LogP contribution >= 0.6 is 0 Å². The van der Waals surface area contributed by atoms with Crippen molar-refractivity contribution in [1.82, 2.24) is 0 Å². The van der Waals surface area contributed by atoms with Gasteiger partial charge >= 0.3 is 0 Å². The molecule has 0 amide bonds. The molecule has 2 heteroatoms. The van der Waals surface area contributed by atoms with Crippen molar-refractivity contribution in [3.63, 3.8) is 0 Å². The van der Waals surface area contributed by atoms with Crippen molar-refractivity contribution < 1.29 is 9.53 Å². The summed E-state index contributed by atoms with van der Waals surface area (Å²) in [7, 11) is 0. The Morgan fingerprint density at radius 3 is 2.60 bits per heavy atom. The summed E-state index contributed by atoms with van der Waals surface area (Å²) in [6.07, 6.45) is 1.48. The van der Waals surface area contributed by atoms with E-state index in [0.717, 1.165) is 23.3 Å². The Bertz CT molecular complexity index is 521. The van der Waals surface area contributed by atoms with E-state index in [0.29, 0.717) is 12.3 Å². The SMILES string of the molecule is CC(CC(=O)c1ccc2c(c1)CC(C)(C)O2)C(C)(C)C. The number of hydrogen-bond acceptors (Lipinski definition) is 2. The normalized spacial score (nSPS) is 18.3. The van der Waals surface area contributed by atoms with E-state index in [4.69, 9.17) is 4.74 Å². The van der Waals surface area contributed by atoms with Gasteiger partial charge in [-0.25, -0.2) is 0 Å². The third-order valence-electron chi connectivity index (χ3n) is 4.35. The molecule has 1 atom stereocenters. The van der Waals surface area contributed by atoms with Crippen LogP contribution in [0.25, 0.3) is 0 Å². The number of ether oxygens (including phenoxy) is 1. The Kier molecular flexibility index (Phi) is 3.70. The maximum Gasteiger partial charge on any atom is 0.163 e. The van der Waals surface area contributed by atoms with Gasteiger partial charge in [-0.3, -0.25) is 4.79 Å². The number of benzene rings is 1. The van der Waals surface area contributed by atoms with Gasteiger partial charge in [0.25, 0.3) is 0 Å². The topological polar surface area (TPSA) is 26.3 Å². The number of carbonyl (C=O) groups is 1. The summed E-state index contributed by atoms with van der Waals surface area (Å²) < 4.78 is 5.85. The Morgan fingerprint density at radius 1 is 1.35 bits per heavy atom. The van der Waals surface area contributed by atoms with Crippen LogP contribution in [0.15, 0.2) is 18.2 Å². The maximum absolute atomic E-state index is 12.4. The molecular formula is C18H26O2. The minimum absolute atomic E-state index is 0.150. The molecule has 110 valence electrons. The molecule has 0 saturated carbocycles. The standard InChI is InChI=1S/C18H26O2/c1-12(17(2,3)4)9-15(19)13-7-8-16-14(10-13)11-18(5,6)20-16/h7-8,10,12H,9,11H2,1-6H3. The van der Waals surface area contributed by atoms with Gasteiger partial charge in [0.1, 0.15) is 11.4 Å². The summed E-state index contributed by atoms with van der Waals surface area (Å²) in [5.74, 6) is 1.53. The van der Waals surface area contributed by atoms with Crippen molar-refractivity contribution in [2.45, 2.75) is 60.0 Å². The summed E-state index contributed by atoms with van der Waals surface area (Å²) in [6.45, 7) is 12.9. The highest BCUT2D eigenvalue weighted by atomic mass is 16.5. The second-order valence-electron chi connectivity index (χ2n) is 7.76. The average Bonchev–Trinajstić information content (AvgIpc) is 2.60. The number of fused-ring (bicyclic) bond motifs is 1. The predicted molar refractivity (Wildman–Crippen MR) is 82.4 cm³/mol. The first-order chi connectivity index (χ1) is 9.08. The summed E-state index contributed by atoms with van der Waals surface area (Å²) >= 11 is 0. The van der Waals surface area contributed by atoms with Crippen LogP contribution in [0.1, 0.15) is 63.9 Å². The molecule has 1 aliphatic rings. The molecule has 0 bridgehead atoms. The molecule has 2 rings (SSSR count). The largest absolute Gasteiger partial charge is 0.487 e. The van der Waals surface area contributed by atoms with Crippen LogP contribution < -0.4 is 4.74 Å². The second-order valence-corrected chi connectivity index (χ2v) is 7.76. The number of carbonyl (C=O) groups excluding carboxylic acids is 1. The molecule has 1 aliphatic heterocycles. The fraction of sp³-hybridized carbons (Fsp3) is 0.611. The molecule has 0 aliphatic carbocycles. The van der Waals surface area contributed by atoms with Gasteiger partial charge in [-0.1, -0.05) is 27.7 Å². The maximum atomic E-state index is 12.4. The van der Waals surface area contributed by atoms with E-state index in [9.17, 15) is 4.79 Å². The zero-order chi connectivity index (χ0) is 15.1. The van der Waals surface area contributed by atoms with Gasteiger partial charge in [0.2, 0.25) is 0 Å². The second kappa shape index (κ2) is 4.91. The van der Waals surface area contributed by atoms with Gasteiger partial charge < -0.3 is 4.74 Å². The molecular weight excluding hydrogens is 248 g/mol. The Balaban J connectivity index is 2.14. The molecule has 0 radical (unpaired) electrons. The molecule has 0 spiro atoms. The van der Waals surface area contributed by atoms with Crippen molar-refractivity contribution in [2.75, 3.05) is 0 Å². The molecule has 20 heavy (non-hydrogen) atoms. The molecule has 1 heterocycles. The highest BCUT2D eigenvalue weighted by molar-refractivity contribution is 5.96. The molecule has 0 aromatic heterocycles. The lowest BCUT2D eigenvalue weighted by Gasteiger charge is -2.26. The number of hydrogen-bond donors (Lipinski definition) is 0. The molecule has 1 aromatic rings. The van der Waals surface area contributed by atoms with Crippen LogP contribution in [0.3, 0.4) is 0 Å². The van der Waals surface area contributed by atoms with Crippen molar-refractivity contribution in [3.05, 3.63) is 29.3 Å². The van der Waals surface area contributed by atoms with E-state index >= 15 is 0 Å². The molecule has 1 unspecified atom stereocenters. The smallest absolute Gasteiger partial charge is 0.163 e. The fourth-order valence-corrected chi connectivity index (χ4v) is 2.49. The van der Waals surface area contributed by atoms with E-state index in [1.165, 1.54) is 0 Å². The number of rotatable bonds is 3. The van der Waals surface area contributed by atoms with Crippen LogP contribution in [-0.2, 0) is 6.42 Å². The third-order valence-corrected chi connectivity index (χ3v) is 4.35. The first kappa shape index (κ1) is 15.1. The predicted octanol–water partition coefficient (Wildman–Crippen LogP) is 4.66. The van der Waals surface area contributed by atoms with Gasteiger partial charge in [-0.2, -0.15) is 0 Å². The molecule has 0 fully saturated rings. The Labute approximate surface area is 122 Å². The summed E-state index contributed by atoms with van der Waals surface area (Å²) in [5.41, 5.74) is 1.99. The van der Waals surface area contributed by atoms with E-state index in [-0.39, 0.29) is 16.8 Å². The van der Waals surface area contributed by atoms with Crippen LogP contribution in [0.4, 0.5) is 0 Å². The number of Topliss-reactive ketones (excluding diaryl/α,β-unsaturated/α-hetero) is 1. The van der Waals surface area contributed by atoms with E-state index in [1.807, 2.05) is 18.2 Å². The van der Waals surface area contributed by atoms with Crippen molar-refractivity contribution in [3.8, 4) is 5.75 Å². The lowest BCUT2D eigenvalue weighted by molar-refractivity contribution is 0.0927. The first-order valence-electron chi connectivity index (χ1n) is 7.44. The number of ketones is 1. The van der Waals surface area contributed by atoms with Crippen LogP contribution in [0.2, 0.25) is 0 Å². The molecule has 2 nitrogen and oxygen atoms in total. The third kappa shape index (κ3) is 3.23. The van der Waals surface area contributed by atoms with Crippen molar-refractivity contribution in [1.29, 1.82) is 0 Å². The molecule has 1 aromatic carbocycles. The highest BCUT2D eigenvalue weighted by Gasteiger charge is 2.31. The van der Waals surface area contributed by atoms with E-state index in [1.54, 1.807) is 0 Å². The fourth-order valence-electron chi connectivity index (χ4n) is 2.49. The zero-order valence-electron chi connectivity index (χ0n) is 13.5. The molecule has 0 saturated heterocycles. The lowest BCUT2D eigenvalue weighted by atomic mass is 9.78. The minimum Gasteiger partial charge on any atom is -0.487 e. The van der Waals surface area contributed by atoms with E-state index in [2.05, 4.69) is 41.5 Å². The van der Waals surface area contributed by atoms with Crippen LogP contribution in [-0.4, -0.2) is 11.4 Å². The highest BCUT2D eigenvalue weighted by Crippen LogP contribution is 2.36. The zero-order valence-corrected chi connectivity index (χ0v) is 13.5. The minimum atomic E-state index is -0.150. The monoisotopic (exact) mass is 274 g/mol. The van der Waals surface area contributed by atoms with Crippen LogP contribution in [0, 0.1) is 11.3 Å². The summed E-state index contributed by atoms with van der Waals surface area (Å²) in [5, 5.41) is 0. The Hall–Kier alpha value is -1.31. The van der Waals surface area contributed by atoms with Crippen LogP contribution in [0.5, 0.6) is 5.75 Å². The quantitative estimate of drug-likeness (QED) is 0.750. The van der Waals surface area contributed by atoms with Gasteiger partial charge in [0, 0.05) is 18.4 Å². The lowest BCUT2D eigenvalue weighted by Crippen LogP contribution is -2.24. The van der Waals surface area contributed by atoms with Gasteiger partial charge in [0.05, 0.1) is 0 Å². The average molecular weight is 274 g/mol.